The van der Waals surface area contributed by atoms with Crippen LogP contribution in [-0.2, 0) is 6.54 Å². The van der Waals surface area contributed by atoms with Gasteiger partial charge in [-0.15, -0.1) is 0 Å². The summed E-state index contributed by atoms with van der Waals surface area (Å²) < 4.78 is 12.9. The smallest absolute Gasteiger partial charge is 0.123 e. The Morgan fingerprint density at radius 3 is 2.61 bits per heavy atom. The standard InChI is InChI=1S/C15H25FN2/c1-3-18(4-2)11-6-5-10-17-13-14-8-7-9-15(16)12-14/h7-9,12,17H,3-6,10-11,13H2,1-2H3. The fourth-order valence-electron chi connectivity index (χ4n) is 2.00. The van der Waals surface area contributed by atoms with Gasteiger partial charge in [0.15, 0.2) is 0 Å². The van der Waals surface area contributed by atoms with E-state index in [-0.39, 0.29) is 5.82 Å². The van der Waals surface area contributed by atoms with E-state index >= 15 is 0 Å². The Morgan fingerprint density at radius 1 is 1.17 bits per heavy atom. The zero-order chi connectivity index (χ0) is 13.2. The van der Waals surface area contributed by atoms with Crippen LogP contribution in [0.2, 0.25) is 0 Å². The first-order chi connectivity index (χ1) is 8.76. The van der Waals surface area contributed by atoms with Crippen LogP contribution in [0.3, 0.4) is 0 Å². The fraction of sp³-hybridized carbons (Fsp3) is 0.600. The number of unbranched alkanes of at least 4 members (excludes halogenated alkanes) is 1. The maximum absolute atomic E-state index is 12.9. The van der Waals surface area contributed by atoms with Gasteiger partial charge in [-0.2, -0.15) is 0 Å². The van der Waals surface area contributed by atoms with Crippen LogP contribution in [0.1, 0.15) is 32.3 Å². The lowest BCUT2D eigenvalue weighted by molar-refractivity contribution is 0.296. The number of rotatable bonds is 9. The van der Waals surface area contributed by atoms with Gasteiger partial charge < -0.3 is 10.2 Å². The van der Waals surface area contributed by atoms with Crippen molar-refractivity contribution in [1.82, 2.24) is 10.2 Å². The predicted octanol–water partition coefficient (Wildman–Crippen LogP) is 3.04. The first kappa shape index (κ1) is 15.1. The van der Waals surface area contributed by atoms with Gasteiger partial charge in [-0.05, 0) is 56.7 Å². The first-order valence-corrected chi connectivity index (χ1v) is 6.93. The van der Waals surface area contributed by atoms with Crippen LogP contribution in [0.5, 0.6) is 0 Å². The van der Waals surface area contributed by atoms with Crippen molar-refractivity contribution >= 4 is 0 Å². The zero-order valence-corrected chi connectivity index (χ0v) is 11.6. The SMILES string of the molecule is CCN(CC)CCCCNCc1cccc(F)c1. The molecule has 3 heteroatoms. The molecule has 0 aromatic heterocycles. The van der Waals surface area contributed by atoms with Gasteiger partial charge in [0, 0.05) is 6.54 Å². The molecule has 0 bridgehead atoms. The molecule has 0 saturated heterocycles. The Labute approximate surface area is 110 Å². The van der Waals surface area contributed by atoms with Gasteiger partial charge in [-0.1, -0.05) is 26.0 Å². The summed E-state index contributed by atoms with van der Waals surface area (Å²) in [6.45, 7) is 9.59. The van der Waals surface area contributed by atoms with Gasteiger partial charge in [0.2, 0.25) is 0 Å². The number of halogens is 1. The zero-order valence-electron chi connectivity index (χ0n) is 11.6. The van der Waals surface area contributed by atoms with Crippen molar-refractivity contribution in [3.05, 3.63) is 35.6 Å². The Bertz CT molecular complexity index is 324. The van der Waals surface area contributed by atoms with E-state index in [1.54, 1.807) is 12.1 Å². The van der Waals surface area contributed by atoms with Gasteiger partial charge in [-0.25, -0.2) is 4.39 Å². The van der Waals surface area contributed by atoms with Gasteiger partial charge in [-0.3, -0.25) is 0 Å². The van der Waals surface area contributed by atoms with Crippen molar-refractivity contribution in [2.45, 2.75) is 33.2 Å². The lowest BCUT2D eigenvalue weighted by atomic mass is 10.2. The topological polar surface area (TPSA) is 15.3 Å². The van der Waals surface area contributed by atoms with Crippen LogP contribution in [-0.4, -0.2) is 31.1 Å². The number of hydrogen-bond acceptors (Lipinski definition) is 2. The largest absolute Gasteiger partial charge is 0.313 e. The van der Waals surface area contributed by atoms with Crippen LogP contribution in [0.25, 0.3) is 0 Å². The quantitative estimate of drug-likeness (QED) is 0.680. The Morgan fingerprint density at radius 2 is 1.94 bits per heavy atom. The van der Waals surface area contributed by atoms with E-state index in [0.717, 1.165) is 31.7 Å². The van der Waals surface area contributed by atoms with Gasteiger partial charge in [0.05, 0.1) is 0 Å². The molecule has 0 atom stereocenters. The lowest BCUT2D eigenvalue weighted by Crippen LogP contribution is -2.25. The second-order valence-corrected chi connectivity index (χ2v) is 4.54. The molecule has 0 heterocycles. The number of nitrogens with one attached hydrogen (secondary N) is 1. The average Bonchev–Trinajstić information content (AvgIpc) is 2.38. The summed E-state index contributed by atoms with van der Waals surface area (Å²) in [6, 6.07) is 6.77. The van der Waals surface area contributed by atoms with Crippen molar-refractivity contribution in [2.24, 2.45) is 0 Å². The van der Waals surface area contributed by atoms with Gasteiger partial charge in [0.25, 0.3) is 0 Å². The van der Waals surface area contributed by atoms with Crippen LogP contribution < -0.4 is 5.32 Å². The molecule has 0 unspecified atom stereocenters. The first-order valence-electron chi connectivity index (χ1n) is 6.93. The van der Waals surface area contributed by atoms with E-state index in [2.05, 4.69) is 24.1 Å². The Hall–Kier alpha value is -0.930. The van der Waals surface area contributed by atoms with Gasteiger partial charge in [0.1, 0.15) is 5.82 Å². The molecule has 2 nitrogen and oxygen atoms in total. The molecule has 1 aromatic rings. The maximum Gasteiger partial charge on any atom is 0.123 e. The van der Waals surface area contributed by atoms with Crippen molar-refractivity contribution in [3.63, 3.8) is 0 Å². The minimum Gasteiger partial charge on any atom is -0.313 e. The minimum absolute atomic E-state index is 0.157. The highest BCUT2D eigenvalue weighted by molar-refractivity contribution is 5.15. The van der Waals surface area contributed by atoms with Crippen molar-refractivity contribution in [2.75, 3.05) is 26.2 Å². The van der Waals surface area contributed by atoms with Crippen molar-refractivity contribution < 1.29 is 4.39 Å². The summed E-state index contributed by atoms with van der Waals surface area (Å²) in [5.41, 5.74) is 1.01. The molecule has 0 saturated carbocycles. The molecule has 0 amide bonds. The maximum atomic E-state index is 12.9. The monoisotopic (exact) mass is 252 g/mol. The highest BCUT2D eigenvalue weighted by atomic mass is 19.1. The second-order valence-electron chi connectivity index (χ2n) is 4.54. The molecular formula is C15H25FN2. The summed E-state index contributed by atoms with van der Waals surface area (Å²) in [5, 5.41) is 3.35. The van der Waals surface area contributed by atoms with E-state index in [0.29, 0.717) is 0 Å². The van der Waals surface area contributed by atoms with Crippen LogP contribution >= 0.6 is 0 Å². The summed E-state index contributed by atoms with van der Waals surface area (Å²) in [4.78, 5) is 2.44. The highest BCUT2D eigenvalue weighted by Gasteiger charge is 1.98. The number of nitrogens with zero attached hydrogens (tertiary/aromatic N) is 1. The molecule has 0 aliphatic carbocycles. The van der Waals surface area contributed by atoms with E-state index < -0.39 is 0 Å². The summed E-state index contributed by atoms with van der Waals surface area (Å²) >= 11 is 0. The fourth-order valence-corrected chi connectivity index (χ4v) is 2.00. The molecule has 0 radical (unpaired) electrons. The van der Waals surface area contributed by atoms with Crippen LogP contribution in [0.4, 0.5) is 4.39 Å². The molecule has 1 rings (SSSR count). The van der Waals surface area contributed by atoms with Crippen LogP contribution in [0, 0.1) is 5.82 Å². The number of benzene rings is 1. The highest BCUT2D eigenvalue weighted by Crippen LogP contribution is 2.03. The summed E-state index contributed by atoms with van der Waals surface area (Å²) in [6.07, 6.45) is 2.39. The molecule has 102 valence electrons. The second kappa shape index (κ2) is 9.06. The molecule has 0 fully saturated rings. The van der Waals surface area contributed by atoms with E-state index in [1.807, 2.05) is 6.07 Å². The van der Waals surface area contributed by atoms with Crippen LogP contribution in [0.15, 0.2) is 24.3 Å². The average molecular weight is 252 g/mol. The predicted molar refractivity (Wildman–Crippen MR) is 75.1 cm³/mol. The minimum atomic E-state index is -0.157. The Kier molecular flexibility index (Phi) is 7.62. The van der Waals surface area contributed by atoms with Crippen molar-refractivity contribution in [3.8, 4) is 0 Å². The molecule has 0 aliphatic heterocycles. The third kappa shape index (κ3) is 6.12. The van der Waals surface area contributed by atoms with E-state index in [1.165, 1.54) is 25.5 Å². The van der Waals surface area contributed by atoms with E-state index in [4.69, 9.17) is 0 Å². The molecule has 1 aromatic carbocycles. The van der Waals surface area contributed by atoms with Crippen molar-refractivity contribution in [1.29, 1.82) is 0 Å². The third-order valence-electron chi connectivity index (χ3n) is 3.19. The lowest BCUT2D eigenvalue weighted by Gasteiger charge is -2.17. The normalized spacial score (nSPS) is 11.1. The molecular weight excluding hydrogens is 227 g/mol. The van der Waals surface area contributed by atoms with Gasteiger partial charge >= 0.3 is 0 Å². The number of hydrogen-bond donors (Lipinski definition) is 1. The Balaban J connectivity index is 2.05. The molecule has 18 heavy (non-hydrogen) atoms. The van der Waals surface area contributed by atoms with E-state index in [9.17, 15) is 4.39 Å². The molecule has 0 spiro atoms. The third-order valence-corrected chi connectivity index (χ3v) is 3.19. The molecule has 0 aliphatic rings. The molecule has 1 N–H and O–H groups in total. The summed E-state index contributed by atoms with van der Waals surface area (Å²) in [7, 11) is 0. The summed E-state index contributed by atoms with van der Waals surface area (Å²) in [5.74, 6) is -0.157.